The van der Waals surface area contributed by atoms with Gasteiger partial charge < -0.3 is 4.74 Å². The first-order valence-electron chi connectivity index (χ1n) is 10.5. The monoisotopic (exact) mass is 420 g/mol. The van der Waals surface area contributed by atoms with Crippen LogP contribution in [0.15, 0.2) is 54.7 Å². The molecule has 2 fully saturated rings. The number of hydrogen-bond donors (Lipinski definition) is 0. The molecule has 1 aromatic heterocycles. The molecular weight excluding hydrogens is 396 g/mol. The number of aryl methyl sites for hydroxylation is 1. The summed E-state index contributed by atoms with van der Waals surface area (Å²) in [5.74, 6) is 0.0638. The molecule has 2 aliphatic rings. The summed E-state index contributed by atoms with van der Waals surface area (Å²) >= 11 is 6.27. The summed E-state index contributed by atoms with van der Waals surface area (Å²) in [4.78, 5) is 19.8. The molecule has 0 N–H and O–H groups in total. The summed E-state index contributed by atoms with van der Waals surface area (Å²) in [6.45, 7) is 2.09. The van der Waals surface area contributed by atoms with Gasteiger partial charge >= 0.3 is 5.97 Å². The van der Waals surface area contributed by atoms with Crippen LogP contribution in [-0.2, 0) is 4.74 Å². The van der Waals surface area contributed by atoms with Crippen LogP contribution in [0.1, 0.15) is 53.1 Å². The van der Waals surface area contributed by atoms with Crippen LogP contribution in [0.5, 0.6) is 0 Å². The van der Waals surface area contributed by atoms with E-state index in [1.165, 1.54) is 10.9 Å². The summed E-state index contributed by atoms with van der Waals surface area (Å²) in [6.07, 6.45) is 5.64. The number of carbonyl (C=O) groups excluding carboxylic acids is 1. The molecule has 0 aliphatic carbocycles. The molecule has 3 heterocycles. The highest BCUT2D eigenvalue weighted by atomic mass is 35.5. The molecule has 0 radical (unpaired) electrons. The van der Waals surface area contributed by atoms with Crippen molar-refractivity contribution in [2.75, 3.05) is 7.05 Å². The highest BCUT2D eigenvalue weighted by Crippen LogP contribution is 2.50. The molecule has 0 spiro atoms. The Morgan fingerprint density at radius 3 is 2.83 bits per heavy atom. The first-order chi connectivity index (χ1) is 14.5. The maximum Gasteiger partial charge on any atom is 0.339 e. The van der Waals surface area contributed by atoms with Gasteiger partial charge in [-0.05, 0) is 74.2 Å². The minimum absolute atomic E-state index is 0.244. The van der Waals surface area contributed by atoms with Crippen molar-refractivity contribution in [3.8, 4) is 0 Å². The van der Waals surface area contributed by atoms with Crippen molar-refractivity contribution in [1.82, 2.24) is 9.88 Å². The van der Waals surface area contributed by atoms with Gasteiger partial charge in [-0.2, -0.15) is 0 Å². The van der Waals surface area contributed by atoms with Gasteiger partial charge in [0.25, 0.3) is 0 Å². The van der Waals surface area contributed by atoms with Crippen molar-refractivity contribution in [3.63, 3.8) is 0 Å². The normalized spacial score (nSPS) is 26.1. The lowest BCUT2D eigenvalue weighted by molar-refractivity contribution is -0.121. The van der Waals surface area contributed by atoms with Gasteiger partial charge in [0, 0.05) is 35.5 Å². The fourth-order valence-corrected chi connectivity index (χ4v) is 5.71. The molecular formula is C25H25ClN2O2. The smallest absolute Gasteiger partial charge is 0.339 e. The Balaban J connectivity index is 1.51. The van der Waals surface area contributed by atoms with Gasteiger partial charge in [-0.3, -0.25) is 9.88 Å². The van der Waals surface area contributed by atoms with Crippen LogP contribution in [0.4, 0.5) is 0 Å². The molecule has 2 aliphatic heterocycles. The molecule has 2 saturated heterocycles. The van der Waals surface area contributed by atoms with Crippen LogP contribution < -0.4 is 0 Å². The van der Waals surface area contributed by atoms with E-state index in [0.29, 0.717) is 22.5 Å². The summed E-state index contributed by atoms with van der Waals surface area (Å²) in [6, 6.07) is 15.8. The van der Waals surface area contributed by atoms with Gasteiger partial charge in [-0.25, -0.2) is 4.79 Å². The molecule has 0 amide bonds. The maximum atomic E-state index is 12.9. The SMILES string of the molecule is Cc1cc(Cl)cc2nccc(C3CC4CCC(OC(=O)c5ccccc5)(C3)N4C)c12. The maximum absolute atomic E-state index is 12.9. The number of hydrogen-bond acceptors (Lipinski definition) is 4. The van der Waals surface area contributed by atoms with Crippen LogP contribution >= 0.6 is 11.6 Å². The first-order valence-corrected chi connectivity index (χ1v) is 10.9. The second kappa shape index (κ2) is 7.36. The van der Waals surface area contributed by atoms with Crippen LogP contribution in [0.3, 0.4) is 0 Å². The average Bonchev–Trinajstić information content (AvgIpc) is 2.91. The third-order valence-electron chi connectivity index (χ3n) is 6.95. The van der Waals surface area contributed by atoms with E-state index in [2.05, 4.69) is 29.9 Å². The minimum Gasteiger partial charge on any atom is -0.440 e. The fourth-order valence-electron chi connectivity index (χ4n) is 5.45. The van der Waals surface area contributed by atoms with Crippen molar-refractivity contribution in [2.45, 2.75) is 50.3 Å². The number of carbonyl (C=O) groups is 1. The largest absolute Gasteiger partial charge is 0.440 e. The topological polar surface area (TPSA) is 42.4 Å². The summed E-state index contributed by atoms with van der Waals surface area (Å²) < 4.78 is 6.23. The Morgan fingerprint density at radius 2 is 2.03 bits per heavy atom. The van der Waals surface area contributed by atoms with Gasteiger partial charge in [0.05, 0.1) is 11.1 Å². The number of piperidine rings is 1. The third kappa shape index (κ3) is 3.19. The van der Waals surface area contributed by atoms with Gasteiger partial charge in [0.2, 0.25) is 0 Å². The molecule has 0 saturated carbocycles. The second-order valence-electron chi connectivity index (χ2n) is 8.66. The summed E-state index contributed by atoms with van der Waals surface area (Å²) in [5, 5.41) is 1.89. The second-order valence-corrected chi connectivity index (χ2v) is 9.10. The number of rotatable bonds is 3. The molecule has 30 heavy (non-hydrogen) atoms. The zero-order chi connectivity index (χ0) is 20.9. The van der Waals surface area contributed by atoms with E-state index in [1.54, 1.807) is 0 Å². The van der Waals surface area contributed by atoms with Crippen molar-refractivity contribution in [2.24, 2.45) is 0 Å². The zero-order valence-corrected chi connectivity index (χ0v) is 18.0. The fraction of sp³-hybridized carbons (Fsp3) is 0.360. The lowest BCUT2D eigenvalue weighted by Gasteiger charge is -2.45. The Kier molecular flexibility index (Phi) is 4.79. The first kappa shape index (κ1) is 19.5. The standard InChI is InChI=1S/C25H25ClN2O2/c1-16-12-19(26)14-22-23(16)21(9-11-27-22)18-13-20-8-10-25(15-18,28(20)2)30-24(29)17-6-4-3-5-7-17/h3-7,9,11-12,14,18,20H,8,10,13,15H2,1-2H3. The van der Waals surface area contributed by atoms with E-state index in [4.69, 9.17) is 16.3 Å². The van der Waals surface area contributed by atoms with E-state index in [9.17, 15) is 4.79 Å². The van der Waals surface area contributed by atoms with E-state index in [1.807, 2.05) is 48.7 Å². The van der Waals surface area contributed by atoms with E-state index in [0.717, 1.165) is 36.8 Å². The number of nitrogens with zero attached hydrogens (tertiary/aromatic N) is 2. The van der Waals surface area contributed by atoms with Crippen LogP contribution in [0, 0.1) is 6.92 Å². The van der Waals surface area contributed by atoms with Crippen molar-refractivity contribution >= 4 is 28.5 Å². The molecule has 3 atom stereocenters. The van der Waals surface area contributed by atoms with Crippen LogP contribution in [0.2, 0.25) is 5.02 Å². The number of pyridine rings is 1. The zero-order valence-electron chi connectivity index (χ0n) is 17.3. The van der Waals surface area contributed by atoms with Crippen LogP contribution in [-0.4, -0.2) is 34.7 Å². The Labute approximate surface area is 181 Å². The molecule has 2 bridgehead atoms. The molecule has 3 aromatic rings. The molecule has 5 rings (SSSR count). The van der Waals surface area contributed by atoms with Gasteiger partial charge in [0.15, 0.2) is 5.72 Å². The molecule has 154 valence electrons. The lowest BCUT2D eigenvalue weighted by atomic mass is 9.81. The Bertz CT molecular complexity index is 1120. The number of fused-ring (bicyclic) bond motifs is 3. The van der Waals surface area contributed by atoms with Crippen molar-refractivity contribution < 1.29 is 9.53 Å². The predicted octanol–water partition coefficient (Wildman–Crippen LogP) is 5.72. The van der Waals surface area contributed by atoms with Crippen molar-refractivity contribution in [3.05, 3.63) is 76.4 Å². The lowest BCUT2D eigenvalue weighted by Crippen LogP contribution is -2.52. The number of halogens is 1. The molecule has 3 unspecified atom stereocenters. The quantitative estimate of drug-likeness (QED) is 0.508. The summed E-state index contributed by atoms with van der Waals surface area (Å²) in [5.41, 5.74) is 3.40. The highest BCUT2D eigenvalue weighted by molar-refractivity contribution is 6.31. The molecule has 2 aromatic carbocycles. The number of benzene rings is 2. The van der Waals surface area contributed by atoms with Gasteiger partial charge in [-0.1, -0.05) is 29.8 Å². The number of aromatic nitrogens is 1. The number of esters is 1. The predicted molar refractivity (Wildman–Crippen MR) is 119 cm³/mol. The van der Waals surface area contributed by atoms with E-state index >= 15 is 0 Å². The van der Waals surface area contributed by atoms with Gasteiger partial charge in [0.1, 0.15) is 0 Å². The Hall–Kier alpha value is -2.43. The highest BCUT2D eigenvalue weighted by Gasteiger charge is 2.53. The van der Waals surface area contributed by atoms with Gasteiger partial charge in [-0.15, -0.1) is 0 Å². The third-order valence-corrected chi connectivity index (χ3v) is 7.17. The minimum atomic E-state index is -0.559. The molecule has 5 heteroatoms. The van der Waals surface area contributed by atoms with Crippen LogP contribution in [0.25, 0.3) is 10.9 Å². The average molecular weight is 421 g/mol. The van der Waals surface area contributed by atoms with E-state index in [-0.39, 0.29) is 5.97 Å². The molecule has 4 nitrogen and oxygen atoms in total. The Morgan fingerprint density at radius 1 is 1.23 bits per heavy atom. The van der Waals surface area contributed by atoms with Crippen molar-refractivity contribution in [1.29, 1.82) is 0 Å². The van der Waals surface area contributed by atoms with E-state index < -0.39 is 5.72 Å². The number of ether oxygens (including phenoxy) is 1. The summed E-state index contributed by atoms with van der Waals surface area (Å²) in [7, 11) is 2.10.